The maximum atomic E-state index is 12.4. The van der Waals surface area contributed by atoms with Gasteiger partial charge in [-0.3, -0.25) is 9.00 Å². The van der Waals surface area contributed by atoms with Gasteiger partial charge in [0.1, 0.15) is 0 Å². The number of hydrogen-bond acceptors (Lipinski definition) is 2. The summed E-state index contributed by atoms with van der Waals surface area (Å²) in [6.07, 6.45) is 5.39. The number of pyridine rings is 1. The van der Waals surface area contributed by atoms with Crippen LogP contribution >= 0.6 is 0 Å². The summed E-state index contributed by atoms with van der Waals surface area (Å²) in [5.74, 6) is 0.456. The van der Waals surface area contributed by atoms with E-state index < -0.39 is 10.8 Å². The summed E-state index contributed by atoms with van der Waals surface area (Å²) in [7, 11) is 0.849. The molecule has 19 heavy (non-hydrogen) atoms. The molecule has 102 valence electrons. The van der Waals surface area contributed by atoms with Crippen molar-refractivity contribution >= 4 is 22.2 Å². The Kier molecular flexibility index (Phi) is 4.04. The molecule has 0 radical (unpaired) electrons. The SMILES string of the molecule is C[C@@H](C[S@@](C)=O)N(C)C(=O)c1cc2ccccn2c1. The van der Waals surface area contributed by atoms with Crippen molar-refractivity contribution in [2.75, 3.05) is 19.1 Å². The van der Waals surface area contributed by atoms with Gasteiger partial charge in [0, 0.05) is 53.8 Å². The highest BCUT2D eigenvalue weighted by atomic mass is 32.2. The zero-order chi connectivity index (χ0) is 14.0. The van der Waals surface area contributed by atoms with Gasteiger partial charge >= 0.3 is 0 Å². The number of amides is 1. The van der Waals surface area contributed by atoms with E-state index in [0.717, 1.165) is 5.52 Å². The number of carbonyl (C=O) groups excluding carboxylic acids is 1. The molecule has 0 aliphatic heterocycles. The molecule has 1 amide bonds. The number of fused-ring (bicyclic) bond motifs is 1. The first-order chi connectivity index (χ1) is 8.99. The van der Waals surface area contributed by atoms with E-state index in [-0.39, 0.29) is 11.9 Å². The Bertz CT molecular complexity index is 588. The minimum Gasteiger partial charge on any atom is -0.338 e. The highest BCUT2D eigenvalue weighted by molar-refractivity contribution is 7.84. The Labute approximate surface area is 115 Å². The minimum atomic E-state index is -0.903. The lowest BCUT2D eigenvalue weighted by Crippen LogP contribution is -2.38. The summed E-state index contributed by atoms with van der Waals surface area (Å²) in [4.78, 5) is 14.0. The van der Waals surface area contributed by atoms with Crippen molar-refractivity contribution in [3.8, 4) is 0 Å². The van der Waals surface area contributed by atoms with Crippen LogP contribution in [0.3, 0.4) is 0 Å². The van der Waals surface area contributed by atoms with E-state index >= 15 is 0 Å². The molecule has 2 aromatic heterocycles. The second-order valence-electron chi connectivity index (χ2n) is 4.77. The quantitative estimate of drug-likeness (QED) is 0.855. The molecule has 0 saturated carbocycles. The fraction of sp³-hybridized carbons (Fsp3) is 0.357. The molecule has 0 bridgehead atoms. The molecule has 0 fully saturated rings. The second kappa shape index (κ2) is 5.57. The standard InChI is InChI=1S/C14H18N2O2S/c1-11(10-19(3)18)15(2)14(17)12-8-13-6-4-5-7-16(13)9-12/h4-9,11H,10H2,1-3H3/t11-,19+/m0/s1. The van der Waals surface area contributed by atoms with Crippen LogP contribution in [0.25, 0.3) is 5.52 Å². The second-order valence-corrected chi connectivity index (χ2v) is 6.25. The third-order valence-electron chi connectivity index (χ3n) is 3.21. The molecular formula is C14H18N2O2S. The molecule has 2 rings (SSSR count). The first-order valence-corrected chi connectivity index (χ1v) is 7.85. The fourth-order valence-electron chi connectivity index (χ4n) is 2.03. The van der Waals surface area contributed by atoms with Crippen molar-refractivity contribution in [1.29, 1.82) is 0 Å². The molecule has 0 aliphatic rings. The first-order valence-electron chi connectivity index (χ1n) is 6.13. The predicted molar refractivity (Wildman–Crippen MR) is 77.9 cm³/mol. The molecule has 0 saturated heterocycles. The van der Waals surface area contributed by atoms with E-state index in [1.54, 1.807) is 18.2 Å². The minimum absolute atomic E-state index is 0.0401. The van der Waals surface area contributed by atoms with Crippen LogP contribution in [0.5, 0.6) is 0 Å². The van der Waals surface area contributed by atoms with Gasteiger partial charge in [0.2, 0.25) is 0 Å². The van der Waals surface area contributed by atoms with Crippen LogP contribution in [-0.4, -0.2) is 44.5 Å². The Morgan fingerprint density at radius 2 is 2.21 bits per heavy atom. The summed E-state index contributed by atoms with van der Waals surface area (Å²) in [6.45, 7) is 1.91. The van der Waals surface area contributed by atoms with Crippen LogP contribution < -0.4 is 0 Å². The van der Waals surface area contributed by atoms with Crippen molar-refractivity contribution in [2.24, 2.45) is 0 Å². The molecule has 5 heteroatoms. The predicted octanol–water partition coefficient (Wildman–Crippen LogP) is 1.78. The number of carbonyl (C=O) groups is 1. The lowest BCUT2D eigenvalue weighted by molar-refractivity contribution is 0.0757. The zero-order valence-electron chi connectivity index (χ0n) is 11.4. The highest BCUT2D eigenvalue weighted by Crippen LogP contribution is 2.13. The largest absolute Gasteiger partial charge is 0.338 e. The summed E-state index contributed by atoms with van der Waals surface area (Å²) in [6, 6.07) is 7.65. The maximum Gasteiger partial charge on any atom is 0.255 e. The van der Waals surface area contributed by atoms with Gasteiger partial charge in [-0.1, -0.05) is 6.07 Å². The van der Waals surface area contributed by atoms with E-state index in [2.05, 4.69) is 0 Å². The Morgan fingerprint density at radius 3 is 2.84 bits per heavy atom. The van der Waals surface area contributed by atoms with Crippen LogP contribution in [0, 0.1) is 0 Å². The van der Waals surface area contributed by atoms with E-state index in [9.17, 15) is 9.00 Å². The average molecular weight is 278 g/mol. The van der Waals surface area contributed by atoms with Gasteiger partial charge in [0.15, 0.2) is 0 Å². The number of hydrogen-bond donors (Lipinski definition) is 0. The van der Waals surface area contributed by atoms with E-state index in [4.69, 9.17) is 0 Å². The molecule has 0 aromatic carbocycles. The van der Waals surface area contributed by atoms with Gasteiger partial charge in [-0.25, -0.2) is 0 Å². The molecule has 0 unspecified atom stereocenters. The van der Waals surface area contributed by atoms with Gasteiger partial charge in [-0.2, -0.15) is 0 Å². The van der Waals surface area contributed by atoms with Gasteiger partial charge in [0.05, 0.1) is 5.56 Å². The van der Waals surface area contributed by atoms with Crippen LogP contribution in [0.2, 0.25) is 0 Å². The average Bonchev–Trinajstić information content (AvgIpc) is 2.79. The van der Waals surface area contributed by atoms with E-state index in [1.807, 2.05) is 48.0 Å². The van der Waals surface area contributed by atoms with Crippen molar-refractivity contribution in [3.63, 3.8) is 0 Å². The van der Waals surface area contributed by atoms with Crippen LogP contribution in [0.15, 0.2) is 36.7 Å². The van der Waals surface area contributed by atoms with Crippen molar-refractivity contribution in [3.05, 3.63) is 42.2 Å². The van der Waals surface area contributed by atoms with Crippen molar-refractivity contribution in [2.45, 2.75) is 13.0 Å². The van der Waals surface area contributed by atoms with E-state index in [0.29, 0.717) is 11.3 Å². The molecule has 2 atom stereocenters. The van der Waals surface area contributed by atoms with Crippen LogP contribution in [-0.2, 0) is 10.8 Å². The highest BCUT2D eigenvalue weighted by Gasteiger charge is 2.19. The molecule has 0 spiro atoms. The number of nitrogens with zero attached hydrogens (tertiary/aromatic N) is 2. The van der Waals surface area contributed by atoms with Gasteiger partial charge in [-0.15, -0.1) is 0 Å². The fourth-order valence-corrected chi connectivity index (χ4v) is 2.93. The van der Waals surface area contributed by atoms with Crippen molar-refractivity contribution in [1.82, 2.24) is 9.30 Å². The van der Waals surface area contributed by atoms with Crippen LogP contribution in [0.1, 0.15) is 17.3 Å². The molecule has 0 aliphatic carbocycles. The molecule has 2 heterocycles. The normalized spacial score (nSPS) is 14.3. The smallest absolute Gasteiger partial charge is 0.255 e. The van der Waals surface area contributed by atoms with Gasteiger partial charge in [-0.05, 0) is 25.1 Å². The zero-order valence-corrected chi connectivity index (χ0v) is 12.2. The summed E-state index contributed by atoms with van der Waals surface area (Å²) in [5, 5.41) is 0. The molecular weight excluding hydrogens is 260 g/mol. The maximum absolute atomic E-state index is 12.4. The third kappa shape index (κ3) is 3.04. The third-order valence-corrected chi connectivity index (χ3v) is 4.16. The topological polar surface area (TPSA) is 41.8 Å². The van der Waals surface area contributed by atoms with E-state index in [1.165, 1.54) is 0 Å². The monoisotopic (exact) mass is 278 g/mol. The van der Waals surface area contributed by atoms with Gasteiger partial charge < -0.3 is 9.30 Å². The molecule has 4 nitrogen and oxygen atoms in total. The van der Waals surface area contributed by atoms with Gasteiger partial charge in [0.25, 0.3) is 5.91 Å². The lowest BCUT2D eigenvalue weighted by atomic mass is 10.2. The van der Waals surface area contributed by atoms with Crippen LogP contribution in [0.4, 0.5) is 0 Å². The first kappa shape index (κ1) is 13.8. The Morgan fingerprint density at radius 1 is 1.47 bits per heavy atom. The number of rotatable bonds is 4. The Balaban J connectivity index is 2.21. The molecule has 0 N–H and O–H groups in total. The Hall–Kier alpha value is -1.62. The lowest BCUT2D eigenvalue weighted by Gasteiger charge is -2.23. The summed E-state index contributed by atoms with van der Waals surface area (Å²) in [5.41, 5.74) is 1.65. The molecule has 2 aromatic rings. The summed E-state index contributed by atoms with van der Waals surface area (Å²) >= 11 is 0. The summed E-state index contributed by atoms with van der Waals surface area (Å²) < 4.78 is 13.1. The number of aromatic nitrogens is 1. The van der Waals surface area contributed by atoms with Crippen molar-refractivity contribution < 1.29 is 9.00 Å².